The van der Waals surface area contributed by atoms with E-state index in [9.17, 15) is 4.39 Å². The van der Waals surface area contributed by atoms with Crippen LogP contribution < -0.4 is 9.47 Å². The molecule has 0 aromatic heterocycles. The summed E-state index contributed by atoms with van der Waals surface area (Å²) in [7, 11) is 3.28. The van der Waals surface area contributed by atoms with E-state index in [1.807, 2.05) is 45.9 Å². The maximum absolute atomic E-state index is 13.1. The summed E-state index contributed by atoms with van der Waals surface area (Å²) in [4.78, 5) is 39.9. The highest BCUT2D eigenvalue weighted by molar-refractivity contribution is 6.31. The van der Waals surface area contributed by atoms with Crippen LogP contribution in [-0.4, -0.2) is 65.6 Å². The van der Waals surface area contributed by atoms with Crippen LogP contribution in [0.1, 0.15) is 179 Å². The molecule has 9 aliphatic heterocycles. The second kappa shape index (κ2) is 35.2. The predicted octanol–water partition coefficient (Wildman–Crippen LogP) is 25.5. The first-order valence-corrected chi connectivity index (χ1v) is 37.9. The van der Waals surface area contributed by atoms with Crippen LogP contribution in [0.15, 0.2) is 166 Å². The van der Waals surface area contributed by atoms with Gasteiger partial charge in [-0.25, -0.2) is 4.39 Å². The Labute approximate surface area is 647 Å². The Kier molecular flexibility index (Phi) is 26.2. The molecule has 11 nitrogen and oxygen atoms in total. The minimum absolute atomic E-state index is 0.126. The number of benzene rings is 9. The summed E-state index contributed by atoms with van der Waals surface area (Å²) in [5.74, 6) is 1.39. The summed E-state index contributed by atoms with van der Waals surface area (Å²) in [6, 6.07) is 41.8. The molecular weight excluding hydrogens is 1350 g/mol. The summed E-state index contributed by atoms with van der Waals surface area (Å²) in [6.07, 6.45) is 8.93. The summed E-state index contributed by atoms with van der Waals surface area (Å²) in [5, 5.41) is 0.812. The summed E-state index contributed by atoms with van der Waals surface area (Å²) >= 11 is 5.97. The van der Waals surface area contributed by atoms with E-state index in [0.717, 1.165) is 120 Å². The molecule has 558 valence electrons. The van der Waals surface area contributed by atoms with Crippen LogP contribution in [0.4, 0.5) is 55.6 Å². The van der Waals surface area contributed by atoms with Crippen molar-refractivity contribution >= 4 is 114 Å². The average molecular weight is 1460 g/mol. The molecule has 0 bridgehead atoms. The second-order valence-corrected chi connectivity index (χ2v) is 30.9. The van der Waals surface area contributed by atoms with Gasteiger partial charge in [0.25, 0.3) is 0 Å². The zero-order chi connectivity index (χ0) is 78.1. The van der Waals surface area contributed by atoms with E-state index in [1.54, 1.807) is 33.3 Å². The van der Waals surface area contributed by atoms with Crippen molar-refractivity contribution in [2.75, 3.05) is 14.2 Å². The average Bonchev–Trinajstić information content (AvgIpc) is 1.69. The maximum Gasteiger partial charge on any atom is 0.162 e. The minimum atomic E-state index is -0.126. The lowest BCUT2D eigenvalue weighted by Gasteiger charge is -2.08. The molecule has 9 aliphatic rings. The zero-order valence-corrected chi connectivity index (χ0v) is 68.8. The van der Waals surface area contributed by atoms with E-state index in [4.69, 9.17) is 21.1 Å². The molecule has 108 heavy (non-hydrogen) atoms. The molecule has 0 aliphatic carbocycles. The normalized spacial score (nSPS) is 14.3. The number of hydrogen-bond donors (Lipinski definition) is 0. The Balaban J connectivity index is 0.000000130. The fourth-order valence-corrected chi connectivity index (χ4v) is 14.7. The van der Waals surface area contributed by atoms with Crippen LogP contribution in [-0.2, 0) is 57.8 Å². The summed E-state index contributed by atoms with van der Waals surface area (Å²) in [6.45, 7) is 43.8. The third-order valence-electron chi connectivity index (χ3n) is 20.3. The van der Waals surface area contributed by atoms with Gasteiger partial charge in [0.05, 0.1) is 65.4 Å². The van der Waals surface area contributed by atoms with Gasteiger partial charge in [-0.2, -0.15) is 0 Å². The van der Waals surface area contributed by atoms with Gasteiger partial charge in [-0.15, -0.1) is 0 Å². The molecule has 0 saturated heterocycles. The number of hydrogen-bond acceptors (Lipinski definition) is 11. The minimum Gasteiger partial charge on any atom is -0.493 e. The molecule has 9 aromatic rings. The van der Waals surface area contributed by atoms with Gasteiger partial charge >= 0.3 is 0 Å². The van der Waals surface area contributed by atoms with Crippen LogP contribution in [0.3, 0.4) is 0 Å². The molecule has 9 aromatic carbocycles. The Hall–Kier alpha value is -10.2. The van der Waals surface area contributed by atoms with E-state index in [0.29, 0.717) is 5.56 Å². The van der Waals surface area contributed by atoms with E-state index in [-0.39, 0.29) is 5.82 Å². The lowest BCUT2D eigenvalue weighted by molar-refractivity contribution is 0.355. The Morgan fingerprint density at radius 3 is 1.11 bits per heavy atom. The Morgan fingerprint density at radius 1 is 0.250 bits per heavy atom. The molecule has 0 atom stereocenters. The Morgan fingerprint density at radius 2 is 0.593 bits per heavy atom. The molecule has 0 saturated carbocycles. The topological polar surface area (TPSA) is 130 Å². The van der Waals surface area contributed by atoms with E-state index in [1.165, 1.54) is 169 Å². The van der Waals surface area contributed by atoms with E-state index < -0.39 is 0 Å². The van der Waals surface area contributed by atoms with Gasteiger partial charge < -0.3 is 9.47 Å². The summed E-state index contributed by atoms with van der Waals surface area (Å²) < 4.78 is 23.5. The molecular formula is C95H107ClFN9O2. The van der Waals surface area contributed by atoms with Crippen molar-refractivity contribution in [3.8, 4) is 11.5 Å². The van der Waals surface area contributed by atoms with E-state index >= 15 is 0 Å². The number of methoxy groups -OCH3 is 2. The first-order valence-electron chi connectivity index (χ1n) is 37.6. The zero-order valence-electron chi connectivity index (χ0n) is 68.0. The standard InChI is InChI=1S/C11H13NO2.4C11H13N.C10H10ClN.C10H10FN.2C10H11N/c1-7-4-8-5-10(13-2)11(14-3)6-9(8)12-7;1-7-4-10-6-9(3)12-11(10)5-8(7)2;2*1-7-4-8(2)10-6-9(3)12-11(10)5-7;1-7-4-5-11-10(9(7)3)6-8(2)12-11;1-6-3-8-4-7(2)12-10(8)5-9(6)11;1-6-3-10-8(5-9(6)11)4-7(2)12-10;1-7-3-4-10-9(5-7)6-8(2)11-10;1-7-3-4-9-6-8(2)11-10(9)5-7/h5-6H,4H2,1-3H3;4*4-5H,6H2,1-3H3;2*3,5H,4H2,1-2H3;2*3-5H,6H2,1-2H3. The monoisotopic (exact) mass is 1460 g/mol. The largest absolute Gasteiger partial charge is 0.493 e. The molecule has 0 N–H and O–H groups in total. The van der Waals surface area contributed by atoms with Gasteiger partial charge in [-0.3, -0.25) is 44.9 Å². The third kappa shape index (κ3) is 20.5. The van der Waals surface area contributed by atoms with Gasteiger partial charge in [0.1, 0.15) is 5.82 Å². The number of aliphatic imine (C=N–C) groups is 9. The van der Waals surface area contributed by atoms with Crippen molar-refractivity contribution < 1.29 is 13.9 Å². The molecule has 0 fully saturated rings. The number of halogens is 2. The molecule has 0 unspecified atom stereocenters. The molecule has 0 spiro atoms. The van der Waals surface area contributed by atoms with Gasteiger partial charge in [-0.05, 0) is 317 Å². The molecule has 9 heterocycles. The fourth-order valence-electron chi connectivity index (χ4n) is 14.5. The van der Waals surface area contributed by atoms with Crippen LogP contribution in [0.5, 0.6) is 11.5 Å². The van der Waals surface area contributed by atoms with Crippen molar-refractivity contribution in [1.29, 1.82) is 0 Å². The first-order chi connectivity index (χ1) is 51.3. The lowest BCUT2D eigenvalue weighted by atomic mass is 10.00. The van der Waals surface area contributed by atoms with Crippen molar-refractivity contribution in [3.05, 3.63) is 249 Å². The first kappa shape index (κ1) is 80.4. The van der Waals surface area contributed by atoms with Crippen LogP contribution >= 0.6 is 11.6 Å². The Bertz CT molecular complexity index is 5060. The number of rotatable bonds is 2. The van der Waals surface area contributed by atoms with Crippen LogP contribution in [0.25, 0.3) is 0 Å². The van der Waals surface area contributed by atoms with Gasteiger partial charge in [0.2, 0.25) is 0 Å². The van der Waals surface area contributed by atoms with Crippen molar-refractivity contribution in [2.24, 2.45) is 44.9 Å². The second-order valence-electron chi connectivity index (χ2n) is 30.5. The highest BCUT2D eigenvalue weighted by atomic mass is 35.5. The summed E-state index contributed by atoms with van der Waals surface area (Å²) in [5.41, 5.74) is 48.0. The van der Waals surface area contributed by atoms with Gasteiger partial charge in [-0.1, -0.05) is 71.8 Å². The SMILES string of the molecule is CC1=Nc2cc(C)c(C)cc2C1.CC1=Nc2cc(C)c(F)cc2C1.CC1=Nc2cc(C)cc(C)c2C1.CC1=Nc2cc(C)cc(C)c2C1.CC1=Nc2cc(C)ccc2C1.CC1=Nc2cc(Cl)c(C)cc2C1.CC1=Nc2ccc(C)c(C)c2C1.CC1=Nc2ccc(C)cc2C1.COc1cc2c(cc1OC)N=C(C)C2. The highest BCUT2D eigenvalue weighted by Gasteiger charge is 2.21. The smallest absolute Gasteiger partial charge is 0.162 e. The third-order valence-corrected chi connectivity index (χ3v) is 20.7. The number of fused-ring (bicyclic) bond motifs is 9. The molecule has 0 radical (unpaired) electrons. The fraction of sp³-hybridized carbons (Fsp3) is 0.337. The highest BCUT2D eigenvalue weighted by Crippen LogP contribution is 2.40. The van der Waals surface area contributed by atoms with E-state index in [2.05, 4.69) is 247 Å². The number of nitrogens with zero attached hydrogens (tertiary/aromatic N) is 9. The molecule has 13 heteroatoms. The van der Waals surface area contributed by atoms with Gasteiger partial charge in [0, 0.05) is 120 Å². The molecule has 0 amide bonds. The van der Waals surface area contributed by atoms with Gasteiger partial charge in [0.15, 0.2) is 11.5 Å². The quantitative estimate of drug-likeness (QED) is 0.171. The van der Waals surface area contributed by atoms with Crippen molar-refractivity contribution in [1.82, 2.24) is 0 Å². The number of ether oxygens (including phenoxy) is 2. The predicted molar refractivity (Wildman–Crippen MR) is 461 cm³/mol. The van der Waals surface area contributed by atoms with Crippen molar-refractivity contribution in [2.45, 2.75) is 203 Å². The van der Waals surface area contributed by atoms with Crippen LogP contribution in [0, 0.1) is 88.9 Å². The maximum atomic E-state index is 13.1. The van der Waals surface area contributed by atoms with Crippen LogP contribution in [0.2, 0.25) is 5.02 Å². The number of aryl methyl sites for hydroxylation is 11. The molecule has 18 rings (SSSR count). The lowest BCUT2D eigenvalue weighted by Crippen LogP contribution is -1.93. The van der Waals surface area contributed by atoms with Crippen molar-refractivity contribution in [3.63, 3.8) is 0 Å².